The summed E-state index contributed by atoms with van der Waals surface area (Å²) in [6.07, 6.45) is 0. The van der Waals surface area contributed by atoms with Crippen molar-refractivity contribution in [1.82, 2.24) is 14.8 Å². The Morgan fingerprint density at radius 3 is 2.17 bits per heavy atom. The van der Waals surface area contributed by atoms with Crippen LogP contribution in [0.5, 0.6) is 0 Å². The standard InChI is InChI=1S/C24H20N6O5S/c1-15-3-7-18(8-4-15)28-23(17-5-9-19(10-6-17)29(32)33)26-27-24(28)36-14-22(31)25-21-12-11-20(30(34)35)13-16(21)2/h3-13H,14H2,1-2H3,(H,25,31). The molecule has 0 fully saturated rings. The Morgan fingerprint density at radius 2 is 1.56 bits per heavy atom. The molecule has 1 heterocycles. The SMILES string of the molecule is Cc1ccc(-n2c(SCC(=O)Nc3ccc([N+](=O)[O-])cc3C)nnc2-c2ccc([N+](=O)[O-])cc2)cc1. The fourth-order valence-electron chi connectivity index (χ4n) is 3.43. The van der Waals surface area contributed by atoms with E-state index in [1.807, 2.05) is 31.2 Å². The number of nitro benzene ring substituents is 2. The second-order valence-electron chi connectivity index (χ2n) is 7.87. The van der Waals surface area contributed by atoms with Gasteiger partial charge in [0.1, 0.15) is 0 Å². The molecule has 36 heavy (non-hydrogen) atoms. The van der Waals surface area contributed by atoms with Crippen molar-refractivity contribution in [2.45, 2.75) is 19.0 Å². The van der Waals surface area contributed by atoms with Gasteiger partial charge in [-0.15, -0.1) is 10.2 Å². The van der Waals surface area contributed by atoms with Crippen molar-refractivity contribution in [2.75, 3.05) is 11.1 Å². The third kappa shape index (κ3) is 5.39. The number of thioether (sulfide) groups is 1. The highest BCUT2D eigenvalue weighted by atomic mass is 32.2. The number of benzene rings is 3. The monoisotopic (exact) mass is 504 g/mol. The molecule has 0 aliphatic carbocycles. The first kappa shape index (κ1) is 24.5. The fraction of sp³-hybridized carbons (Fsp3) is 0.125. The molecule has 1 amide bonds. The Kier molecular flexibility index (Phi) is 7.06. The number of amides is 1. The molecule has 0 aliphatic heterocycles. The lowest BCUT2D eigenvalue weighted by atomic mass is 10.2. The molecule has 0 saturated carbocycles. The molecule has 182 valence electrons. The van der Waals surface area contributed by atoms with E-state index in [0.29, 0.717) is 27.8 Å². The molecule has 0 saturated heterocycles. The minimum absolute atomic E-state index is 0.0146. The molecule has 11 nitrogen and oxygen atoms in total. The van der Waals surface area contributed by atoms with Crippen molar-refractivity contribution in [3.8, 4) is 17.1 Å². The molecule has 0 unspecified atom stereocenters. The summed E-state index contributed by atoms with van der Waals surface area (Å²) in [6.45, 7) is 3.65. The van der Waals surface area contributed by atoms with Gasteiger partial charge >= 0.3 is 0 Å². The number of carbonyl (C=O) groups is 1. The predicted octanol–water partition coefficient (Wildman–Crippen LogP) is 5.10. The fourth-order valence-corrected chi connectivity index (χ4v) is 4.18. The van der Waals surface area contributed by atoms with E-state index in [1.165, 1.54) is 42.1 Å². The number of hydrogen-bond donors (Lipinski definition) is 1. The third-order valence-corrected chi connectivity index (χ3v) is 6.22. The Morgan fingerprint density at radius 1 is 0.917 bits per heavy atom. The first-order chi connectivity index (χ1) is 17.2. The number of aryl methyl sites for hydroxylation is 2. The van der Waals surface area contributed by atoms with Crippen LogP contribution in [0.15, 0.2) is 71.9 Å². The average Bonchev–Trinajstić information content (AvgIpc) is 3.28. The highest BCUT2D eigenvalue weighted by Crippen LogP contribution is 2.29. The number of nitrogens with zero attached hydrogens (tertiary/aromatic N) is 5. The van der Waals surface area contributed by atoms with Crippen LogP contribution in [-0.2, 0) is 4.79 Å². The van der Waals surface area contributed by atoms with Crippen LogP contribution < -0.4 is 5.32 Å². The van der Waals surface area contributed by atoms with Crippen molar-refractivity contribution in [1.29, 1.82) is 0 Å². The van der Waals surface area contributed by atoms with Crippen LogP contribution >= 0.6 is 11.8 Å². The van der Waals surface area contributed by atoms with Crippen molar-refractivity contribution < 1.29 is 14.6 Å². The average molecular weight is 505 g/mol. The van der Waals surface area contributed by atoms with E-state index in [1.54, 1.807) is 23.6 Å². The van der Waals surface area contributed by atoms with Gasteiger partial charge in [0.25, 0.3) is 11.4 Å². The summed E-state index contributed by atoms with van der Waals surface area (Å²) < 4.78 is 1.79. The van der Waals surface area contributed by atoms with Gasteiger partial charge in [0.2, 0.25) is 5.91 Å². The van der Waals surface area contributed by atoms with Crippen LogP contribution in [-0.4, -0.2) is 36.3 Å². The first-order valence-corrected chi connectivity index (χ1v) is 11.7. The maximum absolute atomic E-state index is 12.6. The van der Waals surface area contributed by atoms with Gasteiger partial charge in [0, 0.05) is 41.2 Å². The number of anilines is 1. The minimum Gasteiger partial charge on any atom is -0.325 e. The summed E-state index contributed by atoms with van der Waals surface area (Å²) in [7, 11) is 0. The molecule has 4 aromatic rings. The van der Waals surface area contributed by atoms with Crippen molar-refractivity contribution >= 4 is 34.7 Å². The molecule has 0 spiro atoms. The molecule has 12 heteroatoms. The topological polar surface area (TPSA) is 146 Å². The van der Waals surface area contributed by atoms with Gasteiger partial charge in [-0.2, -0.15) is 0 Å². The minimum atomic E-state index is -0.491. The van der Waals surface area contributed by atoms with Gasteiger partial charge in [-0.1, -0.05) is 29.5 Å². The molecular weight excluding hydrogens is 484 g/mol. The third-order valence-electron chi connectivity index (χ3n) is 5.29. The second kappa shape index (κ2) is 10.4. The number of non-ortho nitro benzene ring substituents is 2. The number of nitro groups is 2. The van der Waals surface area contributed by atoms with Gasteiger partial charge in [-0.3, -0.25) is 29.6 Å². The second-order valence-corrected chi connectivity index (χ2v) is 8.82. The number of nitrogens with one attached hydrogen (secondary N) is 1. The highest BCUT2D eigenvalue weighted by Gasteiger charge is 2.19. The summed E-state index contributed by atoms with van der Waals surface area (Å²) in [5.74, 6) is 0.177. The number of rotatable bonds is 8. The highest BCUT2D eigenvalue weighted by molar-refractivity contribution is 7.99. The summed E-state index contributed by atoms with van der Waals surface area (Å²) in [4.78, 5) is 33.6. The molecule has 4 rings (SSSR count). The largest absolute Gasteiger partial charge is 0.325 e. The van der Waals surface area contributed by atoms with E-state index in [0.717, 1.165) is 11.3 Å². The summed E-state index contributed by atoms with van der Waals surface area (Å²) in [6, 6.07) is 17.9. The normalized spacial score (nSPS) is 10.7. The van der Waals surface area contributed by atoms with Gasteiger partial charge in [0.05, 0.1) is 15.6 Å². The van der Waals surface area contributed by atoms with Gasteiger partial charge in [-0.25, -0.2) is 0 Å². The van der Waals surface area contributed by atoms with Gasteiger partial charge < -0.3 is 5.32 Å². The zero-order valence-corrected chi connectivity index (χ0v) is 20.1. The molecule has 1 N–H and O–H groups in total. The van der Waals surface area contributed by atoms with Crippen molar-refractivity contribution in [2.24, 2.45) is 0 Å². The van der Waals surface area contributed by atoms with Gasteiger partial charge in [-0.05, 0) is 49.7 Å². The van der Waals surface area contributed by atoms with Crippen LogP contribution in [0.1, 0.15) is 11.1 Å². The Labute approximate surface area is 209 Å². The van der Waals surface area contributed by atoms with E-state index >= 15 is 0 Å². The summed E-state index contributed by atoms with van der Waals surface area (Å²) in [5, 5.41) is 33.7. The molecule has 3 aromatic carbocycles. The Bertz CT molecular complexity index is 1450. The van der Waals surface area contributed by atoms with Crippen molar-refractivity contribution in [3.63, 3.8) is 0 Å². The lowest BCUT2D eigenvalue weighted by Crippen LogP contribution is -2.15. The van der Waals surface area contributed by atoms with Crippen LogP contribution in [0.4, 0.5) is 17.1 Å². The number of carbonyl (C=O) groups excluding carboxylic acids is 1. The quantitative estimate of drug-likeness (QED) is 0.198. The van der Waals surface area contributed by atoms with E-state index < -0.39 is 9.85 Å². The first-order valence-electron chi connectivity index (χ1n) is 10.7. The summed E-state index contributed by atoms with van der Waals surface area (Å²) in [5.41, 5.74) is 3.44. The van der Waals surface area contributed by atoms with E-state index in [2.05, 4.69) is 15.5 Å². The maximum Gasteiger partial charge on any atom is 0.269 e. The molecule has 0 atom stereocenters. The van der Waals surface area contributed by atoms with Crippen LogP contribution in [0, 0.1) is 34.1 Å². The smallest absolute Gasteiger partial charge is 0.269 e. The molecule has 0 radical (unpaired) electrons. The van der Waals surface area contributed by atoms with Gasteiger partial charge in [0.15, 0.2) is 11.0 Å². The van der Waals surface area contributed by atoms with Crippen LogP contribution in [0.2, 0.25) is 0 Å². The Balaban J connectivity index is 1.58. The number of aromatic nitrogens is 3. The number of hydrogen-bond acceptors (Lipinski definition) is 8. The van der Waals surface area contributed by atoms with E-state index in [-0.39, 0.29) is 23.0 Å². The van der Waals surface area contributed by atoms with Crippen molar-refractivity contribution in [3.05, 3.63) is 98.1 Å². The molecule has 1 aromatic heterocycles. The molecule has 0 bridgehead atoms. The van der Waals surface area contributed by atoms with E-state index in [4.69, 9.17) is 0 Å². The molecule has 0 aliphatic rings. The summed E-state index contributed by atoms with van der Waals surface area (Å²) >= 11 is 1.17. The Hall–Kier alpha value is -4.58. The zero-order chi connectivity index (χ0) is 25.8. The lowest BCUT2D eigenvalue weighted by molar-refractivity contribution is -0.385. The van der Waals surface area contributed by atoms with Crippen LogP contribution in [0.25, 0.3) is 17.1 Å². The maximum atomic E-state index is 12.6. The predicted molar refractivity (Wildman–Crippen MR) is 135 cm³/mol. The lowest BCUT2D eigenvalue weighted by Gasteiger charge is -2.11. The molecular formula is C24H20N6O5S. The van der Waals surface area contributed by atoms with E-state index in [9.17, 15) is 25.0 Å². The van der Waals surface area contributed by atoms with Crippen LogP contribution in [0.3, 0.4) is 0 Å². The zero-order valence-electron chi connectivity index (χ0n) is 19.2.